The van der Waals surface area contributed by atoms with E-state index >= 15 is 0 Å². The van der Waals surface area contributed by atoms with Crippen molar-refractivity contribution in [2.24, 2.45) is 0 Å². The Kier molecular flexibility index (Phi) is 6.89. The van der Waals surface area contributed by atoms with Crippen LogP contribution in [0.5, 0.6) is 0 Å². The van der Waals surface area contributed by atoms with Crippen LogP contribution >= 0.6 is 0 Å². The number of fused-ring (bicyclic) bond motifs is 1. The quantitative estimate of drug-likeness (QED) is 0.451. The highest BCUT2D eigenvalue weighted by atomic mass is 16.5. The maximum Gasteiger partial charge on any atom is 0.325 e. The van der Waals surface area contributed by atoms with E-state index in [4.69, 9.17) is 14.7 Å². The molecule has 2 aromatic heterocycles. The van der Waals surface area contributed by atoms with Gasteiger partial charge in [-0.1, -0.05) is 0 Å². The second kappa shape index (κ2) is 10.4. The highest BCUT2D eigenvalue weighted by Crippen LogP contribution is 2.45. The molecule has 2 atom stereocenters. The van der Waals surface area contributed by atoms with Gasteiger partial charge in [0.1, 0.15) is 11.9 Å². The molecule has 8 heteroatoms. The first-order valence-electron chi connectivity index (χ1n) is 13.8. The molecule has 0 aromatic carbocycles. The summed E-state index contributed by atoms with van der Waals surface area (Å²) in [4.78, 5) is 28.7. The molecule has 2 saturated carbocycles. The molecule has 0 amide bonds. The summed E-state index contributed by atoms with van der Waals surface area (Å²) in [6, 6.07) is 3.61. The molecule has 2 N–H and O–H groups in total. The number of ether oxygens (including phenoxy) is 1. The summed E-state index contributed by atoms with van der Waals surface area (Å²) in [5.74, 6) is 0.977. The molecule has 1 unspecified atom stereocenters. The molecular formula is C28H37N5O3. The topological polar surface area (TPSA) is 100 Å². The molecule has 2 aliphatic carbocycles. The Morgan fingerprint density at radius 3 is 2.81 bits per heavy atom. The molecule has 2 aliphatic heterocycles. The standard InChI is InChI=1S/C28H37N5O3/c34-28(35)26(22-16-30-27(19-8-9-19)32-25(22)18-6-7-18)33-14-12-21(17-33)36-15-2-1-4-20-10-11-23-24(31-20)5-3-13-29-23/h10-11,16,18-19,21,26,29H,1-9,12-15,17H2,(H,34,35)/t21-,26?/m1/s1. The van der Waals surface area contributed by atoms with E-state index in [2.05, 4.69) is 27.3 Å². The van der Waals surface area contributed by atoms with Crippen LogP contribution in [-0.4, -0.2) is 63.3 Å². The Hall–Kier alpha value is -2.58. The number of aromatic nitrogens is 3. The van der Waals surface area contributed by atoms with Gasteiger partial charge in [-0.25, -0.2) is 9.97 Å². The van der Waals surface area contributed by atoms with Crippen molar-refractivity contribution < 1.29 is 14.6 Å². The van der Waals surface area contributed by atoms with Crippen LogP contribution in [0.15, 0.2) is 18.3 Å². The minimum absolute atomic E-state index is 0.0795. The smallest absolute Gasteiger partial charge is 0.325 e. The number of aliphatic carboxylic acids is 1. The molecular weight excluding hydrogens is 454 g/mol. The Labute approximate surface area is 212 Å². The molecule has 4 heterocycles. The zero-order chi connectivity index (χ0) is 24.5. The largest absolute Gasteiger partial charge is 0.480 e. The SMILES string of the molecule is O=C(O)C(c1cnc(C2CC2)nc1C1CC1)N1CC[C@@H](OCCCCc2ccc3c(n2)CCCN3)C1. The summed E-state index contributed by atoms with van der Waals surface area (Å²) < 4.78 is 6.18. The number of unbranched alkanes of at least 4 members (excludes halogenated alkanes) is 1. The number of carboxylic acids is 1. The second-order valence-electron chi connectivity index (χ2n) is 10.9. The number of aryl methyl sites for hydroxylation is 2. The lowest BCUT2D eigenvalue weighted by atomic mass is 10.0. The average molecular weight is 492 g/mol. The molecule has 36 heavy (non-hydrogen) atoms. The number of carbonyl (C=O) groups is 1. The number of pyridine rings is 1. The van der Waals surface area contributed by atoms with Gasteiger partial charge < -0.3 is 15.2 Å². The summed E-state index contributed by atoms with van der Waals surface area (Å²) in [5, 5.41) is 13.6. The Morgan fingerprint density at radius 1 is 1.14 bits per heavy atom. The predicted octanol–water partition coefficient (Wildman–Crippen LogP) is 4.22. The highest BCUT2D eigenvalue weighted by molar-refractivity contribution is 5.76. The van der Waals surface area contributed by atoms with E-state index < -0.39 is 12.0 Å². The third kappa shape index (κ3) is 5.39. The van der Waals surface area contributed by atoms with Crippen molar-refractivity contribution in [3.63, 3.8) is 0 Å². The first-order chi connectivity index (χ1) is 17.7. The Bertz CT molecular complexity index is 1100. The zero-order valence-electron chi connectivity index (χ0n) is 21.0. The minimum Gasteiger partial charge on any atom is -0.480 e. The monoisotopic (exact) mass is 491 g/mol. The third-order valence-corrected chi connectivity index (χ3v) is 7.96. The number of rotatable bonds is 11. The fourth-order valence-electron chi connectivity index (χ4n) is 5.64. The van der Waals surface area contributed by atoms with Crippen molar-refractivity contribution >= 4 is 11.7 Å². The van der Waals surface area contributed by atoms with E-state index in [0.717, 1.165) is 100 Å². The predicted molar refractivity (Wildman–Crippen MR) is 136 cm³/mol. The lowest BCUT2D eigenvalue weighted by Gasteiger charge is -2.26. The van der Waals surface area contributed by atoms with Gasteiger partial charge in [-0.05, 0) is 76.3 Å². The van der Waals surface area contributed by atoms with Crippen LogP contribution in [0.4, 0.5) is 5.69 Å². The lowest BCUT2D eigenvalue weighted by Crippen LogP contribution is -2.34. The first-order valence-corrected chi connectivity index (χ1v) is 13.8. The van der Waals surface area contributed by atoms with Crippen LogP contribution in [0.3, 0.4) is 0 Å². The van der Waals surface area contributed by atoms with Gasteiger partial charge in [-0.3, -0.25) is 14.7 Å². The van der Waals surface area contributed by atoms with Crippen molar-refractivity contribution in [2.45, 2.75) is 88.2 Å². The molecule has 1 saturated heterocycles. The second-order valence-corrected chi connectivity index (χ2v) is 10.9. The zero-order valence-corrected chi connectivity index (χ0v) is 21.0. The summed E-state index contributed by atoms with van der Waals surface area (Å²) in [6.07, 6.45) is 12.5. The van der Waals surface area contributed by atoms with E-state index in [1.807, 2.05) is 6.20 Å². The van der Waals surface area contributed by atoms with Gasteiger partial charge >= 0.3 is 5.97 Å². The van der Waals surface area contributed by atoms with Crippen LogP contribution in [-0.2, 0) is 22.4 Å². The number of carboxylic acid groups (broad SMARTS) is 1. The molecule has 192 valence electrons. The molecule has 0 radical (unpaired) electrons. The van der Waals surface area contributed by atoms with E-state index in [1.165, 1.54) is 11.4 Å². The Morgan fingerprint density at radius 2 is 2.00 bits per heavy atom. The minimum atomic E-state index is -0.812. The maximum atomic E-state index is 12.4. The van der Waals surface area contributed by atoms with Gasteiger partial charge in [0.05, 0.1) is 23.2 Å². The van der Waals surface area contributed by atoms with Gasteiger partial charge in [0.15, 0.2) is 0 Å². The molecule has 2 aromatic rings. The van der Waals surface area contributed by atoms with Gasteiger partial charge in [0, 0.05) is 55.5 Å². The molecule has 0 bridgehead atoms. The molecule has 0 spiro atoms. The lowest BCUT2D eigenvalue weighted by molar-refractivity contribution is -0.143. The molecule has 4 aliphatic rings. The molecule has 3 fully saturated rings. The summed E-state index contributed by atoms with van der Waals surface area (Å²) in [7, 11) is 0. The van der Waals surface area contributed by atoms with Crippen LogP contribution in [0.25, 0.3) is 0 Å². The first kappa shape index (κ1) is 23.8. The van der Waals surface area contributed by atoms with Gasteiger partial charge in [0.2, 0.25) is 0 Å². The van der Waals surface area contributed by atoms with Crippen molar-refractivity contribution in [3.05, 3.63) is 46.8 Å². The van der Waals surface area contributed by atoms with Crippen LogP contribution < -0.4 is 5.32 Å². The van der Waals surface area contributed by atoms with Gasteiger partial charge in [-0.15, -0.1) is 0 Å². The summed E-state index contributed by atoms with van der Waals surface area (Å²) in [6.45, 7) is 3.11. The van der Waals surface area contributed by atoms with Crippen LogP contribution in [0.2, 0.25) is 0 Å². The van der Waals surface area contributed by atoms with Crippen LogP contribution in [0, 0.1) is 0 Å². The summed E-state index contributed by atoms with van der Waals surface area (Å²) >= 11 is 0. The van der Waals surface area contributed by atoms with E-state index in [-0.39, 0.29) is 6.10 Å². The fourth-order valence-corrected chi connectivity index (χ4v) is 5.64. The van der Waals surface area contributed by atoms with E-state index in [0.29, 0.717) is 25.0 Å². The normalized spacial score (nSPS) is 22.7. The Balaban J connectivity index is 1.00. The number of nitrogens with zero attached hydrogens (tertiary/aromatic N) is 4. The van der Waals surface area contributed by atoms with E-state index in [9.17, 15) is 9.90 Å². The molecule has 8 nitrogen and oxygen atoms in total. The number of likely N-dealkylation sites (tertiary alicyclic amines) is 1. The number of nitrogens with one attached hydrogen (secondary N) is 1. The van der Waals surface area contributed by atoms with Crippen molar-refractivity contribution in [2.75, 3.05) is 31.6 Å². The maximum absolute atomic E-state index is 12.4. The average Bonchev–Trinajstić information content (AvgIpc) is 3.82. The highest BCUT2D eigenvalue weighted by Gasteiger charge is 2.40. The van der Waals surface area contributed by atoms with Crippen molar-refractivity contribution in [3.8, 4) is 0 Å². The van der Waals surface area contributed by atoms with Crippen molar-refractivity contribution in [1.82, 2.24) is 19.9 Å². The van der Waals surface area contributed by atoms with Crippen LogP contribution in [0.1, 0.15) is 97.7 Å². The van der Waals surface area contributed by atoms with Gasteiger partial charge in [-0.2, -0.15) is 0 Å². The van der Waals surface area contributed by atoms with Gasteiger partial charge in [0.25, 0.3) is 0 Å². The number of anilines is 1. The fraction of sp³-hybridized carbons (Fsp3) is 0.643. The summed E-state index contributed by atoms with van der Waals surface area (Å²) in [5.41, 5.74) is 5.33. The number of hydrogen-bond donors (Lipinski definition) is 2. The van der Waals surface area contributed by atoms with E-state index in [1.54, 1.807) is 0 Å². The van der Waals surface area contributed by atoms with Crippen molar-refractivity contribution in [1.29, 1.82) is 0 Å². The number of hydrogen-bond acceptors (Lipinski definition) is 7. The molecule has 6 rings (SSSR count). The third-order valence-electron chi connectivity index (χ3n) is 7.96.